The third kappa shape index (κ3) is 5.53. The Balaban J connectivity index is 1.34. The lowest BCUT2D eigenvalue weighted by Crippen LogP contribution is -2.56. The number of fused-ring (bicyclic) bond motifs is 2. The second kappa shape index (κ2) is 10.7. The molecule has 1 aliphatic heterocycles. The summed E-state index contributed by atoms with van der Waals surface area (Å²) in [5, 5.41) is 7.80. The zero-order valence-electron chi connectivity index (χ0n) is 21.7. The van der Waals surface area contributed by atoms with Gasteiger partial charge in [-0.1, -0.05) is 6.07 Å². The molecule has 11 heteroatoms. The summed E-state index contributed by atoms with van der Waals surface area (Å²) in [6.45, 7) is 1.67. The second-order valence-corrected chi connectivity index (χ2v) is 11.4. The van der Waals surface area contributed by atoms with Gasteiger partial charge in [-0.2, -0.15) is 0 Å². The maximum absolute atomic E-state index is 13.5. The van der Waals surface area contributed by atoms with Crippen LogP contribution in [0.25, 0.3) is 10.8 Å². The van der Waals surface area contributed by atoms with Crippen LogP contribution in [0.15, 0.2) is 30.5 Å². The monoisotopic (exact) mass is 538 g/mol. The standard InChI is InChI=1S/C27H31FN6O3S/c1-33(2)27(37)16-5-7-19(30-24(35)22-11-15-4-6-18(28)10-17(15)13-29-22)21(12-16)31-25(36)26-32-20-8-9-34(3)14-23(20)38-26/h4,6,10-11,13,16,19,21H,5,7-9,12,14H2,1-3H3,(H,30,35)(H,31,36)/t16-,19-,21+/m0/s1. The Morgan fingerprint density at radius 3 is 2.66 bits per heavy atom. The van der Waals surface area contributed by atoms with Crippen molar-refractivity contribution in [2.24, 2.45) is 5.92 Å². The lowest BCUT2D eigenvalue weighted by atomic mass is 9.81. The molecule has 3 aromatic rings. The molecule has 0 spiro atoms. The van der Waals surface area contributed by atoms with Gasteiger partial charge in [0, 0.05) is 62.0 Å². The number of hydrogen-bond acceptors (Lipinski definition) is 7. The van der Waals surface area contributed by atoms with Gasteiger partial charge in [0.05, 0.1) is 11.7 Å². The number of thiazole rings is 1. The van der Waals surface area contributed by atoms with E-state index in [1.54, 1.807) is 31.1 Å². The first-order chi connectivity index (χ1) is 18.2. The molecule has 9 nitrogen and oxygen atoms in total. The summed E-state index contributed by atoms with van der Waals surface area (Å²) in [6, 6.07) is 5.10. The molecule has 0 bridgehead atoms. The number of amides is 3. The number of likely N-dealkylation sites (N-methyl/N-ethyl adjacent to an activating group) is 1. The topological polar surface area (TPSA) is 108 Å². The van der Waals surface area contributed by atoms with Gasteiger partial charge >= 0.3 is 0 Å². The maximum atomic E-state index is 13.5. The fourth-order valence-electron chi connectivity index (χ4n) is 5.22. The SMILES string of the molecule is CN1CCc2nc(C(=O)N[C@@H]3C[C@@H](C(=O)N(C)C)CC[C@@H]3NC(=O)c3cc4ccc(F)cc4cn3)sc2C1. The largest absolute Gasteiger partial charge is 0.349 e. The van der Waals surface area contributed by atoms with E-state index in [0.29, 0.717) is 35.0 Å². The average molecular weight is 539 g/mol. The molecule has 38 heavy (non-hydrogen) atoms. The minimum absolute atomic E-state index is 0.00482. The van der Waals surface area contributed by atoms with E-state index in [1.165, 1.54) is 29.7 Å². The molecule has 0 radical (unpaired) electrons. The van der Waals surface area contributed by atoms with Gasteiger partial charge in [0.25, 0.3) is 11.8 Å². The lowest BCUT2D eigenvalue weighted by Gasteiger charge is -2.37. The minimum atomic E-state index is -0.452. The first kappa shape index (κ1) is 26.2. The van der Waals surface area contributed by atoms with Crippen molar-refractivity contribution in [3.05, 3.63) is 57.6 Å². The fourth-order valence-corrected chi connectivity index (χ4v) is 6.31. The van der Waals surface area contributed by atoms with Gasteiger partial charge in [-0.05, 0) is 49.9 Å². The van der Waals surface area contributed by atoms with Crippen LogP contribution in [-0.4, -0.2) is 77.3 Å². The molecule has 3 amide bonds. The average Bonchev–Trinajstić information content (AvgIpc) is 3.32. The van der Waals surface area contributed by atoms with Crippen molar-refractivity contribution in [1.82, 2.24) is 30.4 Å². The number of pyridine rings is 1. The molecule has 2 aliphatic rings. The van der Waals surface area contributed by atoms with Gasteiger partial charge in [-0.3, -0.25) is 19.4 Å². The van der Waals surface area contributed by atoms with Crippen molar-refractivity contribution in [2.45, 2.75) is 44.3 Å². The quantitative estimate of drug-likeness (QED) is 0.517. The number of carbonyl (C=O) groups is 3. The highest BCUT2D eigenvalue weighted by atomic mass is 32.1. The Morgan fingerprint density at radius 2 is 1.87 bits per heavy atom. The highest BCUT2D eigenvalue weighted by Gasteiger charge is 2.37. The van der Waals surface area contributed by atoms with Crippen molar-refractivity contribution < 1.29 is 18.8 Å². The summed E-state index contributed by atoms with van der Waals surface area (Å²) >= 11 is 1.40. The van der Waals surface area contributed by atoms with Crippen LogP contribution in [0.2, 0.25) is 0 Å². The van der Waals surface area contributed by atoms with Gasteiger partial charge in [0.15, 0.2) is 5.01 Å². The summed E-state index contributed by atoms with van der Waals surface area (Å²) in [7, 11) is 5.48. The van der Waals surface area contributed by atoms with Crippen LogP contribution in [0.4, 0.5) is 4.39 Å². The molecule has 1 fully saturated rings. The Hall–Kier alpha value is -3.44. The number of hydrogen-bond donors (Lipinski definition) is 2. The van der Waals surface area contributed by atoms with Crippen LogP contribution >= 0.6 is 11.3 Å². The highest BCUT2D eigenvalue weighted by molar-refractivity contribution is 7.13. The Morgan fingerprint density at radius 1 is 1.08 bits per heavy atom. The summed E-state index contributed by atoms with van der Waals surface area (Å²) in [5.41, 5.74) is 1.17. The van der Waals surface area contributed by atoms with Crippen LogP contribution < -0.4 is 10.6 Å². The molecule has 1 saturated carbocycles. The van der Waals surface area contributed by atoms with Crippen molar-refractivity contribution in [3.63, 3.8) is 0 Å². The number of rotatable bonds is 5. The summed E-state index contributed by atoms with van der Waals surface area (Å²) in [4.78, 5) is 52.8. The van der Waals surface area contributed by atoms with E-state index in [2.05, 4.69) is 25.5 Å². The van der Waals surface area contributed by atoms with Gasteiger partial charge < -0.3 is 20.4 Å². The van der Waals surface area contributed by atoms with E-state index in [1.807, 2.05) is 7.05 Å². The van der Waals surface area contributed by atoms with Gasteiger partial charge in [0.1, 0.15) is 11.5 Å². The van der Waals surface area contributed by atoms with E-state index in [0.717, 1.165) is 30.1 Å². The van der Waals surface area contributed by atoms with E-state index < -0.39 is 6.04 Å². The molecule has 0 saturated heterocycles. The Labute approximate surface area is 224 Å². The molecule has 200 valence electrons. The van der Waals surface area contributed by atoms with E-state index in [9.17, 15) is 18.8 Å². The number of carbonyl (C=O) groups excluding carboxylic acids is 3. The third-order valence-electron chi connectivity index (χ3n) is 7.31. The van der Waals surface area contributed by atoms with Crippen molar-refractivity contribution in [2.75, 3.05) is 27.7 Å². The van der Waals surface area contributed by atoms with Gasteiger partial charge in [-0.15, -0.1) is 11.3 Å². The van der Waals surface area contributed by atoms with Crippen LogP contribution in [0.1, 0.15) is 50.1 Å². The molecule has 0 unspecified atom stereocenters. The minimum Gasteiger partial charge on any atom is -0.349 e. The van der Waals surface area contributed by atoms with Crippen LogP contribution in [0, 0.1) is 11.7 Å². The Kier molecular flexibility index (Phi) is 7.40. The first-order valence-corrected chi connectivity index (χ1v) is 13.5. The second-order valence-electron chi connectivity index (χ2n) is 10.3. The molecule has 1 aliphatic carbocycles. The summed E-state index contributed by atoms with van der Waals surface area (Å²) in [5.74, 6) is -1.29. The number of nitrogens with one attached hydrogen (secondary N) is 2. The predicted octanol–water partition coefficient (Wildman–Crippen LogP) is 2.60. The number of halogens is 1. The molecule has 2 aromatic heterocycles. The maximum Gasteiger partial charge on any atom is 0.280 e. The molecule has 2 N–H and O–H groups in total. The fraction of sp³-hybridized carbons (Fsp3) is 0.444. The number of aromatic nitrogens is 2. The molecule has 1 aromatic carbocycles. The van der Waals surface area contributed by atoms with Gasteiger partial charge in [-0.25, -0.2) is 9.37 Å². The van der Waals surface area contributed by atoms with E-state index >= 15 is 0 Å². The van der Waals surface area contributed by atoms with Crippen molar-refractivity contribution in [1.29, 1.82) is 0 Å². The number of nitrogens with zero attached hydrogens (tertiary/aromatic N) is 4. The van der Waals surface area contributed by atoms with Crippen LogP contribution in [0.3, 0.4) is 0 Å². The van der Waals surface area contributed by atoms with Gasteiger partial charge in [0.2, 0.25) is 5.91 Å². The molecule has 3 heterocycles. The molecule has 3 atom stereocenters. The number of benzene rings is 1. The normalized spacial score (nSPS) is 21.5. The summed E-state index contributed by atoms with van der Waals surface area (Å²) < 4.78 is 13.5. The van der Waals surface area contributed by atoms with Crippen LogP contribution in [0.5, 0.6) is 0 Å². The van der Waals surface area contributed by atoms with Crippen LogP contribution in [-0.2, 0) is 17.8 Å². The molecular weight excluding hydrogens is 507 g/mol. The lowest BCUT2D eigenvalue weighted by molar-refractivity contribution is -0.134. The van der Waals surface area contributed by atoms with Crippen molar-refractivity contribution >= 4 is 39.8 Å². The predicted molar refractivity (Wildman–Crippen MR) is 142 cm³/mol. The molecular formula is C27H31FN6O3S. The summed E-state index contributed by atoms with van der Waals surface area (Å²) in [6.07, 6.45) is 3.81. The molecule has 5 rings (SSSR count). The smallest absolute Gasteiger partial charge is 0.280 e. The Bertz CT molecular complexity index is 1390. The zero-order valence-corrected chi connectivity index (χ0v) is 22.5. The first-order valence-electron chi connectivity index (χ1n) is 12.7. The highest BCUT2D eigenvalue weighted by Crippen LogP contribution is 2.28. The van der Waals surface area contributed by atoms with Crippen molar-refractivity contribution in [3.8, 4) is 0 Å². The third-order valence-corrected chi connectivity index (χ3v) is 8.39. The zero-order chi connectivity index (χ0) is 27.0. The van der Waals surface area contributed by atoms with E-state index in [4.69, 9.17) is 0 Å². The van der Waals surface area contributed by atoms with E-state index in [-0.39, 0.29) is 41.2 Å².